The molecule has 26 heavy (non-hydrogen) atoms. The van der Waals surface area contributed by atoms with Crippen molar-refractivity contribution >= 4 is 22.6 Å². The minimum Gasteiger partial charge on any atom is -0.384 e. The van der Waals surface area contributed by atoms with Crippen molar-refractivity contribution in [1.29, 1.82) is 0 Å². The van der Waals surface area contributed by atoms with Crippen LogP contribution in [-0.4, -0.2) is 28.2 Å². The van der Waals surface area contributed by atoms with Crippen LogP contribution in [0.4, 0.5) is 4.39 Å². The number of nitrogens with one attached hydrogen (secondary N) is 2. The highest BCUT2D eigenvalue weighted by Gasteiger charge is 2.44. The fourth-order valence-corrected chi connectivity index (χ4v) is 4.44. The first-order chi connectivity index (χ1) is 12.4. The minimum absolute atomic E-state index is 0.0318. The van der Waals surface area contributed by atoms with Crippen molar-refractivity contribution in [1.82, 2.24) is 15.3 Å². The summed E-state index contributed by atoms with van der Waals surface area (Å²) < 4.78 is 14.2. The Balaban J connectivity index is 1.83. The van der Waals surface area contributed by atoms with Crippen LogP contribution in [-0.2, 0) is 5.60 Å². The van der Waals surface area contributed by atoms with Crippen molar-refractivity contribution in [2.75, 3.05) is 13.1 Å². The second-order valence-corrected chi connectivity index (χ2v) is 7.61. The first kappa shape index (κ1) is 17.5. The molecular formula is C20H21ClFN3O. The average molecular weight is 374 g/mol. The van der Waals surface area contributed by atoms with Crippen molar-refractivity contribution in [3.63, 3.8) is 0 Å². The fourth-order valence-electron chi connectivity index (χ4n) is 4.11. The lowest BCUT2D eigenvalue weighted by Crippen LogP contribution is -2.52. The maximum absolute atomic E-state index is 14.2. The fraction of sp³-hybridized carbons (Fsp3) is 0.350. The van der Waals surface area contributed by atoms with Crippen LogP contribution < -0.4 is 5.32 Å². The third-order valence-corrected chi connectivity index (χ3v) is 5.95. The molecule has 0 saturated carbocycles. The van der Waals surface area contributed by atoms with Gasteiger partial charge in [0.15, 0.2) is 5.82 Å². The molecule has 3 N–H and O–H groups in total. The monoisotopic (exact) mass is 373 g/mol. The Morgan fingerprint density at radius 1 is 1.23 bits per heavy atom. The number of benzene rings is 1. The van der Waals surface area contributed by atoms with Crippen LogP contribution in [0.3, 0.4) is 0 Å². The summed E-state index contributed by atoms with van der Waals surface area (Å²) in [7, 11) is 0. The summed E-state index contributed by atoms with van der Waals surface area (Å²) in [4.78, 5) is 6.98. The summed E-state index contributed by atoms with van der Waals surface area (Å²) in [5, 5.41) is 15.7. The van der Waals surface area contributed by atoms with Gasteiger partial charge in [-0.15, -0.1) is 0 Å². The van der Waals surface area contributed by atoms with Crippen LogP contribution >= 0.6 is 11.6 Å². The number of hydrogen-bond donors (Lipinski definition) is 3. The normalized spacial score (nSPS) is 26.3. The highest BCUT2D eigenvalue weighted by atomic mass is 35.5. The zero-order valence-corrected chi connectivity index (χ0v) is 15.4. The van der Waals surface area contributed by atoms with Gasteiger partial charge in [0, 0.05) is 47.9 Å². The minimum atomic E-state index is -0.992. The van der Waals surface area contributed by atoms with Gasteiger partial charge in [0.05, 0.1) is 11.0 Å². The Morgan fingerprint density at radius 3 is 2.65 bits per heavy atom. The topological polar surface area (TPSA) is 60.9 Å². The Bertz CT molecular complexity index is 961. The van der Waals surface area contributed by atoms with Crippen LogP contribution in [0, 0.1) is 17.7 Å². The van der Waals surface area contributed by atoms with E-state index in [1.54, 1.807) is 18.3 Å². The molecule has 0 bridgehead atoms. The van der Waals surface area contributed by atoms with Gasteiger partial charge in [-0.2, -0.15) is 0 Å². The van der Waals surface area contributed by atoms with Gasteiger partial charge in [0.1, 0.15) is 5.65 Å². The molecule has 0 radical (unpaired) electrons. The van der Waals surface area contributed by atoms with Crippen LogP contribution in [0.2, 0.25) is 5.02 Å². The number of halogens is 2. The van der Waals surface area contributed by atoms with Crippen LogP contribution in [0.25, 0.3) is 22.2 Å². The molecule has 1 aliphatic heterocycles. The summed E-state index contributed by atoms with van der Waals surface area (Å²) in [5.74, 6) is -0.281. The number of nitrogens with zero attached hydrogens (tertiary/aromatic N) is 1. The molecule has 1 fully saturated rings. The van der Waals surface area contributed by atoms with Gasteiger partial charge in [-0.25, -0.2) is 9.37 Å². The molecular weight excluding hydrogens is 353 g/mol. The number of fused-ring (bicyclic) bond motifs is 1. The first-order valence-electron chi connectivity index (χ1n) is 8.78. The van der Waals surface area contributed by atoms with E-state index in [0.717, 1.165) is 29.8 Å². The number of aliphatic hydroxyl groups is 1. The molecule has 1 saturated heterocycles. The van der Waals surface area contributed by atoms with Gasteiger partial charge in [-0.3, -0.25) is 0 Å². The van der Waals surface area contributed by atoms with Crippen molar-refractivity contribution in [3.8, 4) is 11.1 Å². The lowest BCUT2D eigenvalue weighted by molar-refractivity contribution is -0.0805. The maximum atomic E-state index is 14.2. The second-order valence-electron chi connectivity index (χ2n) is 7.20. The first-order valence-corrected chi connectivity index (χ1v) is 9.15. The van der Waals surface area contributed by atoms with Crippen molar-refractivity contribution in [2.45, 2.75) is 19.4 Å². The number of H-pyrrole nitrogens is 1. The summed E-state index contributed by atoms with van der Waals surface area (Å²) in [5.41, 5.74) is 1.75. The van der Waals surface area contributed by atoms with E-state index < -0.39 is 5.60 Å². The van der Waals surface area contributed by atoms with Crippen molar-refractivity contribution in [2.24, 2.45) is 11.8 Å². The Morgan fingerprint density at radius 2 is 1.96 bits per heavy atom. The zero-order chi connectivity index (χ0) is 18.5. The van der Waals surface area contributed by atoms with Crippen molar-refractivity contribution < 1.29 is 9.50 Å². The molecule has 1 aliphatic rings. The number of aromatic amines is 1. The predicted octanol–water partition coefficient (Wildman–Crippen LogP) is 4.09. The molecule has 3 heterocycles. The molecule has 4 nitrogen and oxygen atoms in total. The van der Waals surface area contributed by atoms with Gasteiger partial charge in [0.25, 0.3) is 0 Å². The summed E-state index contributed by atoms with van der Waals surface area (Å²) in [6.07, 6.45) is 2.94. The second kappa shape index (κ2) is 6.34. The largest absolute Gasteiger partial charge is 0.384 e. The smallest absolute Gasteiger partial charge is 0.150 e. The number of pyridine rings is 1. The van der Waals surface area contributed by atoms with E-state index in [-0.39, 0.29) is 17.7 Å². The molecule has 1 aromatic carbocycles. The highest BCUT2D eigenvalue weighted by Crippen LogP contribution is 2.43. The van der Waals surface area contributed by atoms with Gasteiger partial charge in [-0.05, 0) is 23.3 Å². The van der Waals surface area contributed by atoms with E-state index in [0.29, 0.717) is 16.1 Å². The van der Waals surface area contributed by atoms with E-state index in [2.05, 4.69) is 15.3 Å². The van der Waals surface area contributed by atoms with Gasteiger partial charge >= 0.3 is 0 Å². The Hall–Kier alpha value is -1.95. The lowest BCUT2D eigenvalue weighted by atomic mass is 9.71. The number of aromatic nitrogens is 2. The predicted molar refractivity (Wildman–Crippen MR) is 102 cm³/mol. The molecule has 0 aliphatic carbocycles. The molecule has 0 spiro atoms. The van der Waals surface area contributed by atoms with Crippen LogP contribution in [0.1, 0.15) is 19.4 Å². The SMILES string of the molecule is C[C@@H]1CNC[C@H](C)C1(O)c1ccc(-c2ccnc3[nH]cc(F)c23)cc1Cl. The average Bonchev–Trinajstić information content (AvgIpc) is 3.01. The van der Waals surface area contributed by atoms with Crippen LogP contribution in [0.15, 0.2) is 36.7 Å². The third kappa shape index (κ3) is 2.54. The molecule has 3 atom stereocenters. The number of hydrogen-bond acceptors (Lipinski definition) is 3. The Labute approximate surface area is 156 Å². The highest BCUT2D eigenvalue weighted by molar-refractivity contribution is 6.31. The van der Waals surface area contributed by atoms with E-state index >= 15 is 0 Å². The summed E-state index contributed by atoms with van der Waals surface area (Å²) in [6, 6.07) is 7.33. The number of rotatable bonds is 2. The van der Waals surface area contributed by atoms with Gasteiger partial charge < -0.3 is 15.4 Å². The quantitative estimate of drug-likeness (QED) is 0.634. The molecule has 3 aromatic rings. The van der Waals surface area contributed by atoms with E-state index in [4.69, 9.17) is 11.6 Å². The van der Waals surface area contributed by atoms with E-state index in [9.17, 15) is 9.50 Å². The summed E-state index contributed by atoms with van der Waals surface area (Å²) in [6.45, 7) is 5.51. The summed E-state index contributed by atoms with van der Waals surface area (Å²) >= 11 is 6.60. The van der Waals surface area contributed by atoms with E-state index in [1.165, 1.54) is 6.20 Å². The molecule has 1 unspecified atom stereocenters. The van der Waals surface area contributed by atoms with Crippen LogP contribution in [0.5, 0.6) is 0 Å². The van der Waals surface area contributed by atoms with Gasteiger partial charge in [0.2, 0.25) is 0 Å². The van der Waals surface area contributed by atoms with E-state index in [1.807, 2.05) is 26.0 Å². The standard InChI is InChI=1S/C20H21ClFN3O/c1-11-8-23-9-12(2)20(11,26)15-4-3-13(7-16(15)21)14-5-6-24-19-18(14)17(22)10-25-19/h3-7,10-12,23,26H,8-9H2,1-2H3,(H,24,25)/t11-,12+,20?. The molecule has 2 aromatic heterocycles. The third-order valence-electron chi connectivity index (χ3n) is 5.64. The maximum Gasteiger partial charge on any atom is 0.150 e. The molecule has 6 heteroatoms. The molecule has 136 valence electrons. The molecule has 0 amide bonds. The van der Waals surface area contributed by atoms with Crippen molar-refractivity contribution in [3.05, 3.63) is 53.1 Å². The zero-order valence-electron chi connectivity index (χ0n) is 14.7. The Kier molecular flexibility index (Phi) is 4.26. The number of piperidine rings is 1. The van der Waals surface area contributed by atoms with Gasteiger partial charge in [-0.1, -0.05) is 37.6 Å². The lowest BCUT2D eigenvalue weighted by Gasteiger charge is -2.44. The molecule has 4 rings (SSSR count).